The van der Waals surface area contributed by atoms with Crippen LogP contribution in [0.25, 0.3) is 0 Å². The van der Waals surface area contributed by atoms with Crippen LogP contribution < -0.4 is 10.6 Å². The van der Waals surface area contributed by atoms with Crippen LogP contribution in [0.1, 0.15) is 81.1 Å². The summed E-state index contributed by atoms with van der Waals surface area (Å²) in [5, 5.41) is 25.9. The van der Waals surface area contributed by atoms with Gasteiger partial charge in [0.2, 0.25) is 0 Å². The van der Waals surface area contributed by atoms with Crippen molar-refractivity contribution in [1.29, 1.82) is 10.5 Å². The fraction of sp³-hybridized carbons (Fsp3) is 0.917. The zero-order chi connectivity index (χ0) is 22.9. The van der Waals surface area contributed by atoms with Crippen molar-refractivity contribution in [2.75, 3.05) is 26.2 Å². The van der Waals surface area contributed by atoms with Crippen molar-refractivity contribution in [3.63, 3.8) is 0 Å². The van der Waals surface area contributed by atoms with Gasteiger partial charge in [0.05, 0.1) is 12.1 Å². The third-order valence-electron chi connectivity index (χ3n) is 6.44. The molecule has 6 nitrogen and oxygen atoms in total. The molecule has 172 valence electrons. The maximum atomic E-state index is 9.15. The molecule has 30 heavy (non-hydrogen) atoms. The lowest BCUT2D eigenvalue weighted by molar-refractivity contribution is 0.0674. The number of hydrogen-bond acceptors (Lipinski definition) is 6. The standard InChI is InChI=1S/C24H46N6/c1-19-15-23(5,6)29(13-9-11-25)18-22(4)28-20(2)16-24(7,8)30(14-10-12-26)17-21(3)27-19/h19-22,27-28H,9-10,13-18H2,1-8H3. The van der Waals surface area contributed by atoms with Crippen LogP contribution in [0.4, 0.5) is 0 Å². The van der Waals surface area contributed by atoms with Crippen LogP contribution in [0.2, 0.25) is 0 Å². The Morgan fingerprint density at radius 3 is 1.33 bits per heavy atom. The summed E-state index contributed by atoms with van der Waals surface area (Å²) in [4.78, 5) is 4.97. The highest BCUT2D eigenvalue weighted by molar-refractivity contribution is 4.93. The Morgan fingerprint density at radius 1 is 0.700 bits per heavy atom. The SMILES string of the molecule is CC1CN(CCC#N)C(C)(C)CC(C)NC(C)CN(CCC#N)C(C)(C)CC(C)N1. The van der Waals surface area contributed by atoms with Crippen molar-refractivity contribution in [2.45, 2.75) is 116 Å². The first-order valence-electron chi connectivity index (χ1n) is 11.7. The van der Waals surface area contributed by atoms with Crippen molar-refractivity contribution in [3.05, 3.63) is 0 Å². The molecule has 1 saturated heterocycles. The first kappa shape index (κ1) is 26.9. The second-order valence-corrected chi connectivity index (χ2v) is 10.7. The summed E-state index contributed by atoms with van der Waals surface area (Å²) in [6.07, 6.45) is 3.16. The van der Waals surface area contributed by atoms with E-state index in [0.29, 0.717) is 37.0 Å². The van der Waals surface area contributed by atoms with E-state index in [1.54, 1.807) is 0 Å². The summed E-state index contributed by atoms with van der Waals surface area (Å²) >= 11 is 0. The lowest BCUT2D eigenvalue weighted by Gasteiger charge is -2.45. The summed E-state index contributed by atoms with van der Waals surface area (Å²) in [6.45, 7) is 21.7. The van der Waals surface area contributed by atoms with Crippen molar-refractivity contribution in [2.24, 2.45) is 0 Å². The summed E-state index contributed by atoms with van der Waals surface area (Å²) in [5.41, 5.74) is 0.0120. The molecule has 0 bridgehead atoms. The molecular formula is C24H46N6. The van der Waals surface area contributed by atoms with Gasteiger partial charge in [-0.25, -0.2) is 0 Å². The summed E-state index contributed by atoms with van der Waals surface area (Å²) < 4.78 is 0. The topological polar surface area (TPSA) is 78.1 Å². The minimum atomic E-state index is 0.00600. The van der Waals surface area contributed by atoms with Gasteiger partial charge in [-0.05, 0) is 68.2 Å². The van der Waals surface area contributed by atoms with Gasteiger partial charge in [-0.3, -0.25) is 9.80 Å². The van der Waals surface area contributed by atoms with E-state index in [1.807, 2.05) is 0 Å². The number of nitrogens with one attached hydrogen (secondary N) is 2. The molecule has 0 saturated carbocycles. The molecule has 0 amide bonds. The predicted octanol–water partition coefficient (Wildman–Crippen LogP) is 3.50. The predicted molar refractivity (Wildman–Crippen MR) is 125 cm³/mol. The maximum absolute atomic E-state index is 9.15. The largest absolute Gasteiger partial charge is 0.310 e. The molecule has 0 aromatic rings. The second kappa shape index (κ2) is 12.0. The number of hydrogen-bond donors (Lipinski definition) is 2. The van der Waals surface area contributed by atoms with Crippen molar-refractivity contribution in [3.8, 4) is 12.1 Å². The highest BCUT2D eigenvalue weighted by Gasteiger charge is 2.33. The number of rotatable bonds is 4. The Morgan fingerprint density at radius 2 is 1.03 bits per heavy atom. The average molecular weight is 419 g/mol. The molecule has 4 atom stereocenters. The van der Waals surface area contributed by atoms with Crippen LogP contribution in [0.5, 0.6) is 0 Å². The van der Waals surface area contributed by atoms with Gasteiger partial charge >= 0.3 is 0 Å². The quantitative estimate of drug-likeness (QED) is 0.727. The number of nitriles is 2. The zero-order valence-corrected chi connectivity index (χ0v) is 20.8. The normalized spacial score (nSPS) is 31.9. The van der Waals surface area contributed by atoms with Crippen LogP contribution in [-0.2, 0) is 0 Å². The molecule has 6 heteroatoms. The van der Waals surface area contributed by atoms with Crippen molar-refractivity contribution >= 4 is 0 Å². The second-order valence-electron chi connectivity index (χ2n) is 10.7. The molecule has 1 rings (SSSR count). The third-order valence-corrected chi connectivity index (χ3v) is 6.44. The van der Waals surface area contributed by atoms with Crippen LogP contribution in [-0.4, -0.2) is 71.2 Å². The van der Waals surface area contributed by atoms with E-state index < -0.39 is 0 Å². The Bertz CT molecular complexity index is 535. The molecule has 2 N–H and O–H groups in total. The first-order chi connectivity index (χ1) is 13.9. The molecule has 0 spiro atoms. The summed E-state index contributed by atoms with van der Waals surface area (Å²) in [5.74, 6) is 0. The van der Waals surface area contributed by atoms with E-state index >= 15 is 0 Å². The van der Waals surface area contributed by atoms with Gasteiger partial charge in [0.25, 0.3) is 0 Å². The molecule has 0 radical (unpaired) electrons. The Balaban J connectivity index is 3.12. The molecule has 0 aromatic heterocycles. The number of nitrogens with zero attached hydrogens (tertiary/aromatic N) is 4. The minimum Gasteiger partial charge on any atom is -0.310 e. The molecular weight excluding hydrogens is 372 g/mol. The Hall–Kier alpha value is -1.18. The van der Waals surface area contributed by atoms with E-state index in [4.69, 9.17) is 10.5 Å². The van der Waals surface area contributed by atoms with Gasteiger partial charge in [0.15, 0.2) is 0 Å². The molecule has 1 fully saturated rings. The van der Waals surface area contributed by atoms with E-state index in [1.165, 1.54) is 0 Å². The molecule has 0 aliphatic carbocycles. The molecule has 1 aliphatic heterocycles. The highest BCUT2D eigenvalue weighted by atomic mass is 15.2. The average Bonchev–Trinajstić information content (AvgIpc) is 2.59. The summed E-state index contributed by atoms with van der Waals surface area (Å²) in [6, 6.07) is 6.06. The van der Waals surface area contributed by atoms with Crippen molar-refractivity contribution in [1.82, 2.24) is 20.4 Å². The smallest absolute Gasteiger partial charge is 0.0635 e. The fourth-order valence-corrected chi connectivity index (χ4v) is 5.26. The molecule has 1 aliphatic rings. The van der Waals surface area contributed by atoms with Gasteiger partial charge in [0, 0.05) is 74.3 Å². The maximum Gasteiger partial charge on any atom is 0.0635 e. The van der Waals surface area contributed by atoms with Gasteiger partial charge in [-0.15, -0.1) is 0 Å². The molecule has 4 unspecified atom stereocenters. The van der Waals surface area contributed by atoms with Crippen LogP contribution in [0, 0.1) is 22.7 Å². The Labute approximate surface area is 186 Å². The zero-order valence-electron chi connectivity index (χ0n) is 20.8. The van der Waals surface area contributed by atoms with E-state index in [9.17, 15) is 0 Å². The van der Waals surface area contributed by atoms with Crippen molar-refractivity contribution < 1.29 is 0 Å². The van der Waals surface area contributed by atoms with E-state index in [2.05, 4.69) is 88.0 Å². The lowest BCUT2D eigenvalue weighted by atomic mass is 9.90. The van der Waals surface area contributed by atoms with Crippen LogP contribution in [0.15, 0.2) is 0 Å². The van der Waals surface area contributed by atoms with Gasteiger partial charge in [0.1, 0.15) is 0 Å². The molecule has 1 heterocycles. The summed E-state index contributed by atoms with van der Waals surface area (Å²) in [7, 11) is 0. The van der Waals surface area contributed by atoms with Crippen LogP contribution in [0.3, 0.4) is 0 Å². The third kappa shape index (κ3) is 8.90. The monoisotopic (exact) mass is 418 g/mol. The van der Waals surface area contributed by atoms with Gasteiger partial charge in [-0.1, -0.05) is 0 Å². The van der Waals surface area contributed by atoms with E-state index in [0.717, 1.165) is 39.0 Å². The minimum absolute atomic E-state index is 0.00600. The first-order valence-corrected chi connectivity index (χ1v) is 11.7. The van der Waals surface area contributed by atoms with E-state index in [-0.39, 0.29) is 11.1 Å². The van der Waals surface area contributed by atoms with Gasteiger partial charge in [-0.2, -0.15) is 10.5 Å². The lowest BCUT2D eigenvalue weighted by Crippen LogP contribution is -2.57. The van der Waals surface area contributed by atoms with Gasteiger partial charge < -0.3 is 10.6 Å². The molecule has 0 aromatic carbocycles. The fourth-order valence-electron chi connectivity index (χ4n) is 5.26. The van der Waals surface area contributed by atoms with Crippen LogP contribution >= 0.6 is 0 Å². The highest BCUT2D eigenvalue weighted by Crippen LogP contribution is 2.25. The Kier molecular flexibility index (Phi) is 10.8.